The van der Waals surface area contributed by atoms with Crippen molar-refractivity contribution in [2.75, 3.05) is 0 Å². The van der Waals surface area contributed by atoms with E-state index in [0.29, 0.717) is 0 Å². The average Bonchev–Trinajstić information content (AvgIpc) is 1.86. The van der Waals surface area contributed by atoms with Gasteiger partial charge in [-0.15, -0.1) is 0 Å². The van der Waals surface area contributed by atoms with Gasteiger partial charge in [-0.1, -0.05) is 12.2 Å². The Balaban J connectivity index is 2.67. The molecule has 1 atom stereocenters. The highest BCUT2D eigenvalue weighted by atomic mass is 19.4. The molecule has 0 fully saturated rings. The highest BCUT2D eigenvalue weighted by molar-refractivity contribution is 5.18. The quantitative estimate of drug-likeness (QED) is 0.580. The number of allylic oxidation sites excluding steroid dienone is 4. The maximum Gasteiger partial charge on any atom is 0.395 e. The van der Waals surface area contributed by atoms with Crippen molar-refractivity contribution < 1.29 is 13.2 Å². The maximum atomic E-state index is 12.0. The van der Waals surface area contributed by atoms with Gasteiger partial charge >= 0.3 is 6.18 Å². The fourth-order valence-corrected chi connectivity index (χ4v) is 0.928. The lowest BCUT2D eigenvalue weighted by atomic mass is 9.98. The van der Waals surface area contributed by atoms with Gasteiger partial charge in [0.25, 0.3) is 0 Å². The molecule has 0 aliphatic heterocycles. The van der Waals surface area contributed by atoms with E-state index in [2.05, 4.69) is 0 Å². The summed E-state index contributed by atoms with van der Waals surface area (Å²) < 4.78 is 35.9. The molecule has 1 nitrogen and oxygen atoms in total. The summed E-state index contributed by atoms with van der Waals surface area (Å²) in [5.74, 6) is -1.40. The van der Waals surface area contributed by atoms with Crippen LogP contribution in [0.4, 0.5) is 13.2 Å². The van der Waals surface area contributed by atoms with E-state index in [-0.39, 0.29) is 12.1 Å². The molecule has 62 valence electrons. The fraction of sp³-hybridized carbons (Fsp3) is 0.429. The van der Waals surface area contributed by atoms with Gasteiger partial charge in [-0.3, -0.25) is 0 Å². The van der Waals surface area contributed by atoms with Crippen LogP contribution in [0.25, 0.3) is 0 Å². The monoisotopic (exact) mass is 163 g/mol. The summed E-state index contributed by atoms with van der Waals surface area (Å²) in [6.45, 7) is 0. The molecule has 0 heterocycles. The smallest absolute Gasteiger partial charge is 0.395 e. The minimum atomic E-state index is -4.16. The summed E-state index contributed by atoms with van der Waals surface area (Å²) in [6, 6.07) is 0. The molecule has 11 heavy (non-hydrogen) atoms. The second-order valence-corrected chi connectivity index (χ2v) is 2.48. The Labute approximate surface area is 62.4 Å². The van der Waals surface area contributed by atoms with E-state index in [1.165, 1.54) is 12.2 Å². The molecule has 0 bridgehead atoms. The molecule has 0 radical (unpaired) electrons. The van der Waals surface area contributed by atoms with Crippen LogP contribution in [0.3, 0.4) is 0 Å². The van der Waals surface area contributed by atoms with Crippen molar-refractivity contribution in [3.8, 4) is 0 Å². The second-order valence-electron chi connectivity index (χ2n) is 2.48. The Morgan fingerprint density at radius 2 is 2.09 bits per heavy atom. The molecule has 1 rings (SSSR count). The van der Waals surface area contributed by atoms with Gasteiger partial charge in [0.1, 0.15) is 0 Å². The van der Waals surface area contributed by atoms with Gasteiger partial charge in [0.05, 0.1) is 5.92 Å². The molecule has 0 saturated carbocycles. The van der Waals surface area contributed by atoms with E-state index >= 15 is 0 Å². The van der Waals surface area contributed by atoms with E-state index in [0.717, 1.165) is 6.08 Å². The normalized spacial score (nSPS) is 25.0. The Bertz CT molecular complexity index is 202. The lowest BCUT2D eigenvalue weighted by molar-refractivity contribution is -0.160. The minimum Gasteiger partial charge on any atom is -0.402 e. The third kappa shape index (κ3) is 2.00. The highest BCUT2D eigenvalue weighted by Crippen LogP contribution is 2.32. The molecule has 0 saturated heterocycles. The van der Waals surface area contributed by atoms with E-state index in [1.54, 1.807) is 0 Å². The number of nitrogens with two attached hydrogens (primary N) is 1. The second kappa shape index (κ2) is 2.60. The van der Waals surface area contributed by atoms with Gasteiger partial charge in [0, 0.05) is 12.1 Å². The molecule has 0 amide bonds. The van der Waals surface area contributed by atoms with Crippen molar-refractivity contribution in [1.82, 2.24) is 0 Å². The van der Waals surface area contributed by atoms with Crippen LogP contribution in [-0.4, -0.2) is 6.18 Å². The molecule has 0 aromatic rings. The van der Waals surface area contributed by atoms with E-state index in [9.17, 15) is 13.2 Å². The molecule has 1 aliphatic carbocycles. The van der Waals surface area contributed by atoms with Crippen LogP contribution in [0.5, 0.6) is 0 Å². The topological polar surface area (TPSA) is 26.0 Å². The third-order valence-corrected chi connectivity index (χ3v) is 1.53. The summed E-state index contributed by atoms with van der Waals surface area (Å²) in [5.41, 5.74) is 5.52. The first-order valence-corrected chi connectivity index (χ1v) is 3.19. The van der Waals surface area contributed by atoms with Crippen LogP contribution >= 0.6 is 0 Å². The number of halogens is 3. The predicted octanol–water partition coefficient (Wildman–Crippen LogP) is 1.97. The Morgan fingerprint density at radius 3 is 2.45 bits per heavy atom. The summed E-state index contributed by atoms with van der Waals surface area (Å²) in [7, 11) is 0. The van der Waals surface area contributed by atoms with Crippen molar-refractivity contribution >= 4 is 0 Å². The summed E-state index contributed by atoms with van der Waals surface area (Å²) in [4.78, 5) is 0. The molecule has 0 spiro atoms. The van der Waals surface area contributed by atoms with Gasteiger partial charge in [-0.25, -0.2) is 0 Å². The number of rotatable bonds is 0. The summed E-state index contributed by atoms with van der Waals surface area (Å²) in [6.07, 6.45) is -0.315. The number of hydrogen-bond acceptors (Lipinski definition) is 1. The lowest BCUT2D eigenvalue weighted by Crippen LogP contribution is -2.24. The first-order chi connectivity index (χ1) is 5.00. The van der Waals surface area contributed by atoms with E-state index in [4.69, 9.17) is 5.73 Å². The number of alkyl halides is 3. The summed E-state index contributed by atoms with van der Waals surface area (Å²) >= 11 is 0. The van der Waals surface area contributed by atoms with Crippen molar-refractivity contribution in [3.63, 3.8) is 0 Å². The van der Waals surface area contributed by atoms with Crippen LogP contribution < -0.4 is 5.73 Å². The Hall–Kier alpha value is -0.930. The maximum absolute atomic E-state index is 12.0. The summed E-state index contributed by atoms with van der Waals surface area (Å²) in [5, 5.41) is 0. The van der Waals surface area contributed by atoms with Crippen molar-refractivity contribution in [1.29, 1.82) is 0 Å². The molecule has 0 aromatic heterocycles. The van der Waals surface area contributed by atoms with Crippen molar-refractivity contribution in [2.24, 2.45) is 11.7 Å². The first-order valence-electron chi connectivity index (χ1n) is 3.19. The third-order valence-electron chi connectivity index (χ3n) is 1.53. The number of hydrogen-bond donors (Lipinski definition) is 1. The van der Waals surface area contributed by atoms with Gasteiger partial charge in [-0.05, 0) is 6.08 Å². The Kier molecular flexibility index (Phi) is 1.93. The molecule has 2 N–H and O–H groups in total. The zero-order chi connectivity index (χ0) is 8.48. The van der Waals surface area contributed by atoms with Crippen molar-refractivity contribution in [3.05, 3.63) is 23.9 Å². The van der Waals surface area contributed by atoms with Crippen LogP contribution in [0.15, 0.2) is 23.9 Å². The predicted molar refractivity (Wildman–Crippen MR) is 35.6 cm³/mol. The first kappa shape index (κ1) is 8.17. The van der Waals surface area contributed by atoms with Crippen LogP contribution in [0.2, 0.25) is 0 Å². The zero-order valence-electron chi connectivity index (χ0n) is 5.73. The fourth-order valence-electron chi connectivity index (χ4n) is 0.928. The molecule has 4 heteroatoms. The highest BCUT2D eigenvalue weighted by Gasteiger charge is 2.38. The standard InChI is InChI=1S/C7H8F3N/c8-7(9,10)5-2-1-3-6(11)4-5/h1-3,5H,4,11H2. The SMILES string of the molecule is NC1=CC=CC(C(F)(F)F)C1. The average molecular weight is 163 g/mol. The minimum absolute atomic E-state index is 0.111. The zero-order valence-corrected chi connectivity index (χ0v) is 5.73. The lowest BCUT2D eigenvalue weighted by Gasteiger charge is -2.18. The molecular weight excluding hydrogens is 155 g/mol. The van der Waals surface area contributed by atoms with Crippen molar-refractivity contribution in [2.45, 2.75) is 12.6 Å². The molecular formula is C7H8F3N. The van der Waals surface area contributed by atoms with Gasteiger partial charge < -0.3 is 5.73 Å². The van der Waals surface area contributed by atoms with Crippen LogP contribution in [-0.2, 0) is 0 Å². The molecule has 1 aliphatic rings. The van der Waals surface area contributed by atoms with E-state index in [1.807, 2.05) is 0 Å². The van der Waals surface area contributed by atoms with Gasteiger partial charge in [0.2, 0.25) is 0 Å². The molecule has 0 aromatic carbocycles. The van der Waals surface area contributed by atoms with Gasteiger partial charge in [0.15, 0.2) is 0 Å². The Morgan fingerprint density at radius 1 is 1.45 bits per heavy atom. The van der Waals surface area contributed by atoms with E-state index < -0.39 is 12.1 Å². The van der Waals surface area contributed by atoms with Gasteiger partial charge in [-0.2, -0.15) is 13.2 Å². The largest absolute Gasteiger partial charge is 0.402 e. The molecule has 1 unspecified atom stereocenters. The van der Waals surface area contributed by atoms with Crippen LogP contribution in [0.1, 0.15) is 6.42 Å². The van der Waals surface area contributed by atoms with Crippen LogP contribution in [0, 0.1) is 5.92 Å².